The van der Waals surface area contributed by atoms with E-state index in [4.69, 9.17) is 11.5 Å². The molecule has 1 aliphatic heterocycles. The third-order valence-electron chi connectivity index (χ3n) is 4.53. The van der Waals surface area contributed by atoms with Crippen LogP contribution in [0.15, 0.2) is 28.2 Å². The van der Waals surface area contributed by atoms with Crippen molar-refractivity contribution in [1.29, 1.82) is 0 Å². The number of nitrogens with two attached hydrogens (primary N) is 2. The molecule has 1 fully saturated rings. The Morgan fingerprint density at radius 2 is 2.00 bits per heavy atom. The van der Waals surface area contributed by atoms with Gasteiger partial charge in [0.2, 0.25) is 11.9 Å². The summed E-state index contributed by atoms with van der Waals surface area (Å²) in [6.45, 7) is 0. The fraction of sp³-hybridized carbons (Fsp3) is 0.438. The summed E-state index contributed by atoms with van der Waals surface area (Å²) in [6, 6.07) is 4.31. The van der Waals surface area contributed by atoms with E-state index >= 15 is 0 Å². The number of nitrogens with zero attached hydrogens (tertiary/aromatic N) is 3. The van der Waals surface area contributed by atoms with Crippen LogP contribution in [0.2, 0.25) is 0 Å². The van der Waals surface area contributed by atoms with Crippen molar-refractivity contribution >= 4 is 23.5 Å². The molecule has 1 saturated carbocycles. The van der Waals surface area contributed by atoms with Crippen LogP contribution in [0.3, 0.4) is 0 Å². The number of hydrogen-bond acceptors (Lipinski definition) is 6. The smallest absolute Gasteiger partial charge is 0.254 e. The SMILES string of the molecule is CNC(=O)c1cc(N2C(N)=NC(N)=NC23CCCCC3)ccc1F. The largest absolute Gasteiger partial charge is 0.369 e. The zero-order chi connectivity index (χ0) is 17.3. The fourth-order valence-corrected chi connectivity index (χ4v) is 3.46. The summed E-state index contributed by atoms with van der Waals surface area (Å²) in [4.78, 5) is 22.3. The number of benzene rings is 1. The number of carbonyl (C=O) groups excluding carboxylic acids is 1. The van der Waals surface area contributed by atoms with Gasteiger partial charge in [0.15, 0.2) is 0 Å². The Kier molecular flexibility index (Phi) is 4.13. The van der Waals surface area contributed by atoms with E-state index in [0.717, 1.165) is 32.1 Å². The number of nitrogens with one attached hydrogen (secondary N) is 1. The topological polar surface area (TPSA) is 109 Å². The number of carbonyl (C=O) groups is 1. The zero-order valence-corrected chi connectivity index (χ0v) is 13.6. The Morgan fingerprint density at radius 3 is 2.67 bits per heavy atom. The van der Waals surface area contributed by atoms with Crippen molar-refractivity contribution in [2.75, 3.05) is 11.9 Å². The third kappa shape index (κ3) is 2.68. The van der Waals surface area contributed by atoms with Gasteiger partial charge < -0.3 is 16.8 Å². The molecule has 3 rings (SSSR count). The number of hydrogen-bond donors (Lipinski definition) is 3. The van der Waals surface area contributed by atoms with Gasteiger partial charge >= 0.3 is 0 Å². The maximum atomic E-state index is 14.0. The molecule has 0 atom stereocenters. The van der Waals surface area contributed by atoms with Crippen LogP contribution in [0.5, 0.6) is 0 Å². The van der Waals surface area contributed by atoms with Crippen LogP contribution in [0.1, 0.15) is 42.5 Å². The Balaban J connectivity index is 2.09. The average molecular weight is 332 g/mol. The summed E-state index contributed by atoms with van der Waals surface area (Å²) >= 11 is 0. The van der Waals surface area contributed by atoms with Crippen LogP contribution in [-0.4, -0.2) is 30.5 Å². The first-order valence-electron chi connectivity index (χ1n) is 7.98. The quantitative estimate of drug-likeness (QED) is 0.758. The number of guanidine groups is 2. The van der Waals surface area contributed by atoms with E-state index in [0.29, 0.717) is 5.69 Å². The van der Waals surface area contributed by atoms with Gasteiger partial charge in [-0.15, -0.1) is 0 Å². The second-order valence-electron chi connectivity index (χ2n) is 6.06. The number of anilines is 1. The van der Waals surface area contributed by atoms with Crippen LogP contribution in [0, 0.1) is 5.82 Å². The second kappa shape index (κ2) is 6.10. The highest BCUT2D eigenvalue weighted by atomic mass is 19.1. The van der Waals surface area contributed by atoms with Crippen molar-refractivity contribution < 1.29 is 9.18 Å². The summed E-state index contributed by atoms with van der Waals surface area (Å²) in [5.74, 6) is -0.730. The molecule has 0 radical (unpaired) electrons. The first kappa shape index (κ1) is 16.2. The van der Waals surface area contributed by atoms with Crippen LogP contribution in [0.4, 0.5) is 10.1 Å². The van der Waals surface area contributed by atoms with Crippen LogP contribution in [-0.2, 0) is 0 Å². The molecule has 1 spiro atoms. The molecular weight excluding hydrogens is 311 g/mol. The predicted octanol–water partition coefficient (Wildman–Crippen LogP) is 1.30. The van der Waals surface area contributed by atoms with Crippen LogP contribution < -0.4 is 21.7 Å². The van der Waals surface area contributed by atoms with E-state index in [2.05, 4.69) is 15.3 Å². The first-order valence-corrected chi connectivity index (χ1v) is 7.98. The molecule has 7 nitrogen and oxygen atoms in total. The molecule has 1 aliphatic carbocycles. The monoisotopic (exact) mass is 332 g/mol. The van der Waals surface area contributed by atoms with E-state index in [1.54, 1.807) is 11.0 Å². The van der Waals surface area contributed by atoms with Gasteiger partial charge in [-0.25, -0.2) is 9.38 Å². The van der Waals surface area contributed by atoms with Gasteiger partial charge in [-0.1, -0.05) is 6.42 Å². The Labute approximate surface area is 139 Å². The van der Waals surface area contributed by atoms with E-state index in [1.807, 2.05) is 0 Å². The molecular formula is C16H21FN6O. The Hall–Kier alpha value is -2.64. The molecule has 8 heteroatoms. The summed E-state index contributed by atoms with van der Waals surface area (Å²) in [6.07, 6.45) is 4.65. The third-order valence-corrected chi connectivity index (χ3v) is 4.53. The minimum Gasteiger partial charge on any atom is -0.369 e. The maximum absolute atomic E-state index is 14.0. The molecule has 24 heavy (non-hydrogen) atoms. The van der Waals surface area contributed by atoms with Crippen molar-refractivity contribution in [1.82, 2.24) is 5.32 Å². The lowest BCUT2D eigenvalue weighted by atomic mass is 9.87. The Bertz CT molecular complexity index is 723. The van der Waals surface area contributed by atoms with E-state index in [-0.39, 0.29) is 17.5 Å². The molecule has 1 heterocycles. The van der Waals surface area contributed by atoms with E-state index in [1.165, 1.54) is 19.2 Å². The molecule has 5 N–H and O–H groups in total. The summed E-state index contributed by atoms with van der Waals surface area (Å²) in [5, 5.41) is 2.44. The van der Waals surface area contributed by atoms with Crippen molar-refractivity contribution in [3.8, 4) is 0 Å². The summed E-state index contributed by atoms with van der Waals surface area (Å²) in [7, 11) is 1.46. The molecule has 1 amide bonds. The molecule has 1 aromatic rings. The predicted molar refractivity (Wildman–Crippen MR) is 91.3 cm³/mol. The molecule has 0 aromatic heterocycles. The minimum atomic E-state index is -0.619. The van der Waals surface area contributed by atoms with Gasteiger partial charge in [0.1, 0.15) is 11.5 Å². The van der Waals surface area contributed by atoms with Crippen molar-refractivity contribution in [3.63, 3.8) is 0 Å². The van der Waals surface area contributed by atoms with Gasteiger partial charge in [-0.05, 0) is 43.9 Å². The van der Waals surface area contributed by atoms with Gasteiger partial charge in [0, 0.05) is 12.7 Å². The van der Waals surface area contributed by atoms with Crippen molar-refractivity contribution in [2.45, 2.75) is 37.8 Å². The lowest BCUT2D eigenvalue weighted by Crippen LogP contribution is -2.58. The second-order valence-corrected chi connectivity index (χ2v) is 6.06. The standard InChI is InChI=1S/C16H21FN6O/c1-20-13(24)11-9-10(5-6-12(11)17)23-15(19)21-14(18)22-16(23)7-3-2-4-8-16/h5-6,9H,2-4,7-8H2,1H3,(H,20,24)(H4,18,19,21,22). The molecule has 128 valence electrons. The first-order chi connectivity index (χ1) is 11.5. The van der Waals surface area contributed by atoms with Crippen LogP contribution in [0.25, 0.3) is 0 Å². The molecule has 1 aromatic carbocycles. The highest BCUT2D eigenvalue weighted by molar-refractivity contribution is 6.06. The Morgan fingerprint density at radius 1 is 1.29 bits per heavy atom. The number of rotatable bonds is 2. The minimum absolute atomic E-state index is 0.0451. The molecule has 2 aliphatic rings. The number of amides is 1. The van der Waals surface area contributed by atoms with Gasteiger partial charge in [-0.3, -0.25) is 9.69 Å². The molecule has 0 unspecified atom stereocenters. The molecule has 0 saturated heterocycles. The number of halogens is 1. The molecule has 0 bridgehead atoms. The van der Waals surface area contributed by atoms with Gasteiger partial charge in [-0.2, -0.15) is 4.99 Å². The average Bonchev–Trinajstić information content (AvgIpc) is 2.55. The fourth-order valence-electron chi connectivity index (χ4n) is 3.46. The zero-order valence-electron chi connectivity index (χ0n) is 13.6. The van der Waals surface area contributed by atoms with E-state index in [9.17, 15) is 9.18 Å². The van der Waals surface area contributed by atoms with Crippen molar-refractivity contribution in [3.05, 3.63) is 29.6 Å². The van der Waals surface area contributed by atoms with E-state index < -0.39 is 17.4 Å². The van der Waals surface area contributed by atoms with Gasteiger partial charge in [0.05, 0.1) is 5.56 Å². The number of aliphatic imine (C=N–C) groups is 2. The highest BCUT2D eigenvalue weighted by Gasteiger charge is 2.42. The highest BCUT2D eigenvalue weighted by Crippen LogP contribution is 2.39. The van der Waals surface area contributed by atoms with Crippen molar-refractivity contribution in [2.24, 2.45) is 21.5 Å². The summed E-state index contributed by atoms with van der Waals surface area (Å²) < 4.78 is 14.0. The van der Waals surface area contributed by atoms with Gasteiger partial charge in [0.25, 0.3) is 5.91 Å². The van der Waals surface area contributed by atoms with Crippen LogP contribution >= 0.6 is 0 Å². The lowest BCUT2D eigenvalue weighted by Gasteiger charge is -2.45. The summed E-state index contributed by atoms with van der Waals surface area (Å²) in [5.41, 5.74) is 11.9. The normalized spacial score (nSPS) is 19.7. The maximum Gasteiger partial charge on any atom is 0.254 e. The lowest BCUT2D eigenvalue weighted by molar-refractivity contribution is 0.0959.